The molecule has 13 heteroatoms. The van der Waals surface area contributed by atoms with Gasteiger partial charge in [0.2, 0.25) is 17.6 Å². The first-order chi connectivity index (χ1) is 21.5. The van der Waals surface area contributed by atoms with Gasteiger partial charge in [-0.15, -0.1) is 0 Å². The summed E-state index contributed by atoms with van der Waals surface area (Å²) in [6.07, 6.45) is 5.81. The number of hydrogen-bond acceptors (Lipinski definition) is 7. The molecule has 4 fully saturated rings. The summed E-state index contributed by atoms with van der Waals surface area (Å²) in [5.74, 6) is -2.34. The molecule has 48 heavy (non-hydrogen) atoms. The average molecular weight is 696 g/mol. The van der Waals surface area contributed by atoms with E-state index >= 15 is 0 Å². The predicted molar refractivity (Wildman–Crippen MR) is 186 cm³/mol. The summed E-state index contributed by atoms with van der Waals surface area (Å²) < 4.78 is 25.6. The van der Waals surface area contributed by atoms with E-state index in [2.05, 4.69) is 35.1 Å². The Morgan fingerprint density at radius 2 is 1.50 bits per heavy atom. The van der Waals surface area contributed by atoms with Gasteiger partial charge in [-0.2, -0.15) is 0 Å². The third-order valence-corrected chi connectivity index (χ3v) is 13.9. The number of likely N-dealkylation sites (tertiary alicyclic amines) is 1. The summed E-state index contributed by atoms with van der Waals surface area (Å²) in [7, 11) is -2.18. The Kier molecular flexibility index (Phi) is 11.5. The van der Waals surface area contributed by atoms with Crippen LogP contribution in [0.1, 0.15) is 114 Å². The van der Waals surface area contributed by atoms with Crippen LogP contribution in [0.5, 0.6) is 0 Å². The van der Waals surface area contributed by atoms with Crippen LogP contribution >= 0.6 is 0 Å². The van der Waals surface area contributed by atoms with Gasteiger partial charge in [0.05, 0.1) is 22.1 Å². The Labute approximate surface area is 288 Å². The minimum Gasteiger partial charge on any atom is -0.353 e. The number of nitrogens with one attached hydrogen (secondary N) is 4. The lowest BCUT2D eigenvalue weighted by molar-refractivity contribution is -0.145. The van der Waals surface area contributed by atoms with Crippen LogP contribution in [-0.4, -0.2) is 90.6 Å². The molecule has 12 nitrogen and oxygen atoms in total. The van der Waals surface area contributed by atoms with Crippen LogP contribution in [0, 0.1) is 28.6 Å². The number of carbonyl (C=O) groups is 5. The fourth-order valence-corrected chi connectivity index (χ4v) is 9.13. The highest BCUT2D eigenvalue weighted by Crippen LogP contribution is 2.65. The zero-order valence-corrected chi connectivity index (χ0v) is 30.6. The molecule has 4 aliphatic rings. The molecule has 0 aromatic heterocycles. The van der Waals surface area contributed by atoms with Crippen LogP contribution in [-0.2, 0) is 29.0 Å². The van der Waals surface area contributed by atoms with Crippen molar-refractivity contribution in [3.8, 4) is 0 Å². The fraction of sp³-hybridized carbons (Fsp3) is 0.857. The molecule has 4 N–H and O–H groups in total. The molecule has 1 saturated heterocycles. The minimum atomic E-state index is -3.56. The van der Waals surface area contributed by atoms with E-state index in [0.29, 0.717) is 25.8 Å². The highest BCUT2D eigenvalue weighted by molar-refractivity contribution is 7.92. The Bertz CT molecular complexity index is 1370. The Morgan fingerprint density at radius 3 is 2.00 bits per heavy atom. The number of hydrogen-bond donors (Lipinski definition) is 4. The number of likely N-dealkylation sites (N-methyl/N-ethyl adjacent to an activating group) is 1. The number of ketones is 1. The predicted octanol–water partition coefficient (Wildman–Crippen LogP) is 3.34. The second-order valence-electron chi connectivity index (χ2n) is 17.2. The average Bonchev–Trinajstić information content (AvgIpc) is 3.80. The summed E-state index contributed by atoms with van der Waals surface area (Å²) in [5.41, 5.74) is -1.89. The molecule has 1 aliphatic heterocycles. The van der Waals surface area contributed by atoms with Crippen molar-refractivity contribution in [1.29, 1.82) is 0 Å². The van der Waals surface area contributed by atoms with Crippen molar-refractivity contribution in [2.24, 2.45) is 28.6 Å². The van der Waals surface area contributed by atoms with Crippen LogP contribution in [0.4, 0.5) is 4.79 Å². The van der Waals surface area contributed by atoms with Crippen molar-refractivity contribution in [1.82, 2.24) is 26.2 Å². The van der Waals surface area contributed by atoms with Crippen LogP contribution in [0.3, 0.4) is 0 Å². The first-order valence-corrected chi connectivity index (χ1v) is 18.9. The van der Waals surface area contributed by atoms with E-state index in [1.54, 1.807) is 20.8 Å². The second kappa shape index (κ2) is 13.9. The molecule has 0 spiro atoms. The number of Topliss-reactive ketones (excluding diaryl/α,β-unsaturated/α-hetero) is 1. The highest BCUT2D eigenvalue weighted by Gasteiger charge is 2.70. The molecule has 0 bridgehead atoms. The van der Waals surface area contributed by atoms with Gasteiger partial charge in [0, 0.05) is 13.6 Å². The van der Waals surface area contributed by atoms with Crippen molar-refractivity contribution in [2.75, 3.05) is 19.3 Å². The number of nitrogens with zero attached hydrogens (tertiary/aromatic N) is 1. The van der Waals surface area contributed by atoms with Gasteiger partial charge in [-0.25, -0.2) is 13.2 Å². The lowest BCUT2D eigenvalue weighted by atomic mass is 9.83. The molecule has 0 aromatic carbocycles. The maximum Gasteiger partial charge on any atom is 0.315 e. The third-order valence-electron chi connectivity index (χ3n) is 11.1. The van der Waals surface area contributed by atoms with Gasteiger partial charge in [0.25, 0.3) is 5.91 Å². The first-order valence-electron chi connectivity index (χ1n) is 17.2. The standard InChI is InChI=1S/C34H57N5O7S.CH4/c1-31(2,3)26(37-30(44)38-34(15-11-10-12-16-34)19-47(45,46)32(4,5)6)29(43)39-18-21-23(33(21,7)8)24(39)27(41)36-22(17-20-13-14-20)25(40)28(42)35-9;/h20-24,26H,10-19H2,1-9H3,(H,35,42)(H,36,41)(H2,37,38,44);1H4/t21-,22-,23-,24-,26+;/m0./s1. The lowest BCUT2D eigenvalue weighted by Crippen LogP contribution is -2.64. The molecule has 274 valence electrons. The van der Waals surface area contributed by atoms with E-state index in [1.165, 1.54) is 11.9 Å². The number of fused-ring (bicyclic) bond motifs is 1. The number of rotatable bonds is 11. The first kappa shape index (κ1) is 39.7. The SMILES string of the molecule is C.CNC(=O)C(=O)[C@H](CC1CC1)NC(=O)[C@@H]1[C@@H]2[C@H](CN1C(=O)[C@@H](NC(=O)NC1(CS(=O)(=O)C(C)(C)C)CCCCC1)C(C)(C)C)C2(C)C. The van der Waals surface area contributed by atoms with E-state index in [0.717, 1.165) is 32.1 Å². The van der Waals surface area contributed by atoms with E-state index in [1.807, 2.05) is 20.8 Å². The molecule has 3 aliphatic carbocycles. The summed E-state index contributed by atoms with van der Waals surface area (Å²) in [5, 5.41) is 11.1. The van der Waals surface area contributed by atoms with Crippen molar-refractivity contribution in [3.63, 3.8) is 0 Å². The van der Waals surface area contributed by atoms with Crippen LogP contribution < -0.4 is 21.3 Å². The largest absolute Gasteiger partial charge is 0.353 e. The quantitative estimate of drug-likeness (QED) is 0.240. The molecule has 0 aromatic rings. The molecule has 1 heterocycles. The van der Waals surface area contributed by atoms with Gasteiger partial charge in [-0.1, -0.05) is 74.1 Å². The maximum absolute atomic E-state index is 14.4. The van der Waals surface area contributed by atoms with Crippen LogP contribution in [0.15, 0.2) is 0 Å². The van der Waals surface area contributed by atoms with E-state index in [4.69, 9.17) is 0 Å². The molecule has 0 radical (unpaired) electrons. The Hall–Kier alpha value is -2.70. The molecule has 5 atom stereocenters. The van der Waals surface area contributed by atoms with Crippen molar-refractivity contribution in [3.05, 3.63) is 0 Å². The van der Waals surface area contributed by atoms with E-state index in [9.17, 15) is 32.4 Å². The lowest BCUT2D eigenvalue weighted by Gasteiger charge is -2.41. The van der Waals surface area contributed by atoms with Crippen LogP contribution in [0.2, 0.25) is 0 Å². The smallest absolute Gasteiger partial charge is 0.315 e. The van der Waals surface area contributed by atoms with Crippen molar-refractivity contribution < 1.29 is 32.4 Å². The monoisotopic (exact) mass is 695 g/mol. The Morgan fingerprint density at radius 1 is 0.917 bits per heavy atom. The van der Waals surface area contributed by atoms with Gasteiger partial charge >= 0.3 is 6.03 Å². The number of urea groups is 1. The second-order valence-corrected chi connectivity index (χ2v) is 19.9. The normalized spacial score (nSPS) is 25.8. The fourth-order valence-electron chi connectivity index (χ4n) is 7.61. The number of amides is 5. The van der Waals surface area contributed by atoms with Gasteiger partial charge in [0.1, 0.15) is 12.1 Å². The summed E-state index contributed by atoms with van der Waals surface area (Å²) >= 11 is 0. The van der Waals surface area contributed by atoms with Gasteiger partial charge in [-0.05, 0) is 68.6 Å². The minimum absolute atomic E-state index is 0. The van der Waals surface area contributed by atoms with Crippen molar-refractivity contribution >= 4 is 39.4 Å². The molecule has 3 saturated carbocycles. The summed E-state index contributed by atoms with van der Waals surface area (Å²) in [6.45, 7) is 14.9. The van der Waals surface area contributed by atoms with Gasteiger partial charge in [0.15, 0.2) is 9.84 Å². The Balaban J connectivity index is 0.00000625. The summed E-state index contributed by atoms with van der Waals surface area (Å²) in [6, 6.07) is -3.48. The van der Waals surface area contributed by atoms with E-state index in [-0.39, 0.29) is 36.3 Å². The zero-order valence-electron chi connectivity index (χ0n) is 29.7. The number of carbonyl (C=O) groups excluding carboxylic acids is 5. The molecule has 4 rings (SSSR count). The summed E-state index contributed by atoms with van der Waals surface area (Å²) in [4.78, 5) is 68.8. The molecule has 0 unspecified atom stereocenters. The van der Waals surface area contributed by atoms with Crippen LogP contribution in [0.25, 0.3) is 0 Å². The third kappa shape index (κ3) is 8.35. The van der Waals surface area contributed by atoms with Crippen molar-refractivity contribution in [2.45, 2.75) is 143 Å². The molecule has 5 amide bonds. The highest BCUT2D eigenvalue weighted by atomic mass is 32.2. The van der Waals surface area contributed by atoms with Gasteiger partial charge < -0.3 is 26.2 Å². The number of piperidine rings is 1. The number of sulfone groups is 1. The zero-order chi connectivity index (χ0) is 35.3. The topological polar surface area (TPSA) is 171 Å². The van der Waals surface area contributed by atoms with Gasteiger partial charge in [-0.3, -0.25) is 19.2 Å². The maximum atomic E-state index is 14.4. The molecular weight excluding hydrogens is 634 g/mol. The van der Waals surface area contributed by atoms with E-state index < -0.39 is 73.2 Å². The molecular formula is C35H61N5O7S.